The molecule has 0 aromatic heterocycles. The van der Waals surface area contributed by atoms with Gasteiger partial charge in [0.15, 0.2) is 0 Å². The number of methoxy groups -OCH3 is 1. The Kier molecular flexibility index (Phi) is 2.30. The molecule has 4 nitrogen and oxygen atoms in total. The summed E-state index contributed by atoms with van der Waals surface area (Å²) < 4.78 is 10.2. The number of hydrogen-bond donors (Lipinski definition) is 1. The number of cyclic esters (lactones) is 1. The van der Waals surface area contributed by atoms with Crippen LogP contribution in [0.3, 0.4) is 0 Å². The average molecular weight is 222 g/mol. The normalized spacial score (nSPS) is 17.6. The Morgan fingerprint density at radius 2 is 2.12 bits per heavy atom. The fourth-order valence-electron chi connectivity index (χ4n) is 1.88. The van der Waals surface area contributed by atoms with Crippen molar-refractivity contribution in [1.29, 1.82) is 0 Å². The first-order valence-corrected chi connectivity index (χ1v) is 5.06. The van der Waals surface area contributed by atoms with Crippen molar-refractivity contribution in [3.05, 3.63) is 23.3 Å². The van der Waals surface area contributed by atoms with Gasteiger partial charge < -0.3 is 14.6 Å². The average Bonchev–Trinajstić information content (AvgIpc) is 2.18. The van der Waals surface area contributed by atoms with Crippen molar-refractivity contribution < 1.29 is 19.4 Å². The van der Waals surface area contributed by atoms with Crippen LogP contribution in [0.25, 0.3) is 0 Å². The molecule has 2 rings (SSSR count). The summed E-state index contributed by atoms with van der Waals surface area (Å²) in [6, 6.07) is 3.10. The molecule has 0 atom stereocenters. The van der Waals surface area contributed by atoms with Gasteiger partial charge in [-0.1, -0.05) is 0 Å². The van der Waals surface area contributed by atoms with Crippen molar-refractivity contribution in [2.45, 2.75) is 25.9 Å². The first-order valence-electron chi connectivity index (χ1n) is 5.06. The summed E-state index contributed by atoms with van der Waals surface area (Å²) in [6.45, 7) is 3.63. The van der Waals surface area contributed by atoms with Gasteiger partial charge in [0.2, 0.25) is 0 Å². The number of carbonyl (C=O) groups excluding carboxylic acids is 1. The minimum atomic E-state index is -0.573. The van der Waals surface area contributed by atoms with E-state index in [1.54, 1.807) is 6.07 Å². The highest BCUT2D eigenvalue weighted by atomic mass is 16.6. The Morgan fingerprint density at radius 1 is 1.44 bits per heavy atom. The highest BCUT2D eigenvalue weighted by molar-refractivity contribution is 5.94. The molecule has 1 N–H and O–H groups in total. The molecule has 1 aromatic carbocycles. The zero-order chi connectivity index (χ0) is 11.9. The standard InChI is InChI=1S/C12H14O4/c1-12(2)6-9-8(11(14)16-12)4-7(15-3)5-10(9)13/h4-5,13H,6H2,1-3H3. The number of rotatable bonds is 1. The van der Waals surface area contributed by atoms with E-state index in [1.165, 1.54) is 13.2 Å². The Hall–Kier alpha value is -1.71. The Labute approximate surface area is 93.8 Å². The quantitative estimate of drug-likeness (QED) is 0.737. The van der Waals surface area contributed by atoms with Crippen LogP contribution in [0, 0.1) is 0 Å². The van der Waals surface area contributed by atoms with Gasteiger partial charge in [0.25, 0.3) is 0 Å². The predicted octanol–water partition coefficient (Wildman–Crippen LogP) is 1.89. The predicted molar refractivity (Wildman–Crippen MR) is 57.9 cm³/mol. The van der Waals surface area contributed by atoms with Crippen molar-refractivity contribution in [3.63, 3.8) is 0 Å². The van der Waals surface area contributed by atoms with Crippen molar-refractivity contribution in [3.8, 4) is 11.5 Å². The fourth-order valence-corrected chi connectivity index (χ4v) is 1.88. The molecule has 0 bridgehead atoms. The van der Waals surface area contributed by atoms with E-state index in [9.17, 15) is 9.90 Å². The summed E-state index contributed by atoms with van der Waals surface area (Å²) in [7, 11) is 1.49. The van der Waals surface area contributed by atoms with E-state index >= 15 is 0 Å². The summed E-state index contributed by atoms with van der Waals surface area (Å²) in [5, 5.41) is 9.83. The van der Waals surface area contributed by atoms with Crippen LogP contribution in [-0.4, -0.2) is 23.8 Å². The molecule has 16 heavy (non-hydrogen) atoms. The van der Waals surface area contributed by atoms with Crippen molar-refractivity contribution in [1.82, 2.24) is 0 Å². The van der Waals surface area contributed by atoms with E-state index in [1.807, 2.05) is 13.8 Å². The van der Waals surface area contributed by atoms with E-state index < -0.39 is 11.6 Å². The van der Waals surface area contributed by atoms with Crippen LogP contribution in [0.2, 0.25) is 0 Å². The molecule has 1 aliphatic rings. The van der Waals surface area contributed by atoms with Gasteiger partial charge in [-0.15, -0.1) is 0 Å². The number of phenols is 1. The maximum Gasteiger partial charge on any atom is 0.339 e. The SMILES string of the molecule is COc1cc(O)c2c(c1)C(=O)OC(C)(C)C2. The maximum atomic E-state index is 11.7. The number of benzene rings is 1. The van der Waals surface area contributed by atoms with Gasteiger partial charge in [0.05, 0.1) is 12.7 Å². The number of hydrogen-bond acceptors (Lipinski definition) is 4. The van der Waals surface area contributed by atoms with Gasteiger partial charge in [0, 0.05) is 18.1 Å². The van der Waals surface area contributed by atoms with Gasteiger partial charge in [-0.3, -0.25) is 0 Å². The van der Waals surface area contributed by atoms with Crippen LogP contribution < -0.4 is 4.74 Å². The molecule has 0 saturated heterocycles. The van der Waals surface area contributed by atoms with Gasteiger partial charge in [-0.05, 0) is 19.9 Å². The summed E-state index contributed by atoms with van der Waals surface area (Å²) in [6.07, 6.45) is 0.504. The maximum absolute atomic E-state index is 11.7. The lowest BCUT2D eigenvalue weighted by molar-refractivity contribution is -0.00694. The van der Waals surface area contributed by atoms with Crippen LogP contribution >= 0.6 is 0 Å². The first kappa shape index (κ1) is 10.8. The molecule has 0 fully saturated rings. The number of ether oxygens (including phenoxy) is 2. The smallest absolute Gasteiger partial charge is 0.339 e. The minimum Gasteiger partial charge on any atom is -0.508 e. The van der Waals surface area contributed by atoms with Crippen LogP contribution in [0.1, 0.15) is 29.8 Å². The Bertz CT molecular complexity index is 449. The number of carbonyl (C=O) groups is 1. The van der Waals surface area contributed by atoms with Crippen molar-refractivity contribution in [2.75, 3.05) is 7.11 Å². The van der Waals surface area contributed by atoms with E-state index in [0.717, 1.165) is 0 Å². The van der Waals surface area contributed by atoms with E-state index in [4.69, 9.17) is 9.47 Å². The highest BCUT2D eigenvalue weighted by Gasteiger charge is 2.34. The third-order valence-corrected chi connectivity index (χ3v) is 2.63. The van der Waals surface area contributed by atoms with Crippen LogP contribution in [0.5, 0.6) is 11.5 Å². The molecule has 0 saturated carbocycles. The van der Waals surface area contributed by atoms with Crippen LogP contribution in [0.4, 0.5) is 0 Å². The number of fused-ring (bicyclic) bond motifs is 1. The molecule has 0 unspecified atom stereocenters. The molecule has 4 heteroatoms. The lowest BCUT2D eigenvalue weighted by atomic mass is 9.90. The summed E-state index contributed by atoms with van der Waals surface area (Å²) in [5.41, 5.74) is 0.439. The second kappa shape index (κ2) is 3.40. The molecular formula is C12H14O4. The molecular weight excluding hydrogens is 208 g/mol. The van der Waals surface area contributed by atoms with E-state index in [2.05, 4.69) is 0 Å². The lowest BCUT2D eigenvalue weighted by Crippen LogP contribution is -2.35. The molecule has 0 aliphatic carbocycles. The molecule has 86 valence electrons. The second-order valence-electron chi connectivity index (χ2n) is 4.50. The summed E-state index contributed by atoms with van der Waals surface area (Å²) in [5.74, 6) is 0.118. The lowest BCUT2D eigenvalue weighted by Gasteiger charge is -2.31. The van der Waals surface area contributed by atoms with Crippen molar-refractivity contribution in [2.24, 2.45) is 0 Å². The number of phenolic OH excluding ortho intramolecular Hbond substituents is 1. The zero-order valence-electron chi connectivity index (χ0n) is 9.53. The van der Waals surface area contributed by atoms with Crippen LogP contribution in [-0.2, 0) is 11.2 Å². The number of esters is 1. The molecule has 1 aromatic rings. The monoisotopic (exact) mass is 222 g/mol. The molecule has 0 radical (unpaired) electrons. The zero-order valence-corrected chi connectivity index (χ0v) is 9.53. The van der Waals surface area contributed by atoms with E-state index in [-0.39, 0.29) is 5.75 Å². The molecule has 1 heterocycles. The minimum absolute atomic E-state index is 0.0825. The highest BCUT2D eigenvalue weighted by Crippen LogP contribution is 2.36. The third-order valence-electron chi connectivity index (χ3n) is 2.63. The van der Waals surface area contributed by atoms with Gasteiger partial charge in [-0.2, -0.15) is 0 Å². The summed E-state index contributed by atoms with van der Waals surface area (Å²) >= 11 is 0. The van der Waals surface area contributed by atoms with Gasteiger partial charge in [0.1, 0.15) is 17.1 Å². The topological polar surface area (TPSA) is 55.8 Å². The molecule has 0 spiro atoms. The third kappa shape index (κ3) is 1.71. The van der Waals surface area contributed by atoms with Crippen LogP contribution in [0.15, 0.2) is 12.1 Å². The fraction of sp³-hybridized carbons (Fsp3) is 0.417. The van der Waals surface area contributed by atoms with E-state index in [0.29, 0.717) is 23.3 Å². The van der Waals surface area contributed by atoms with Crippen molar-refractivity contribution >= 4 is 5.97 Å². The van der Waals surface area contributed by atoms with Gasteiger partial charge in [-0.25, -0.2) is 4.79 Å². The largest absolute Gasteiger partial charge is 0.508 e. The second-order valence-corrected chi connectivity index (χ2v) is 4.50. The first-order chi connectivity index (χ1) is 7.43. The molecule has 0 amide bonds. The number of aromatic hydroxyl groups is 1. The Balaban J connectivity index is 2.56. The van der Waals surface area contributed by atoms with Gasteiger partial charge >= 0.3 is 5.97 Å². The Morgan fingerprint density at radius 3 is 2.75 bits per heavy atom. The molecule has 1 aliphatic heterocycles. The summed E-state index contributed by atoms with van der Waals surface area (Å²) in [4.78, 5) is 11.7.